The van der Waals surface area contributed by atoms with Crippen LogP contribution >= 0.6 is 11.8 Å². The van der Waals surface area contributed by atoms with E-state index in [1.165, 1.54) is 31.0 Å². The number of esters is 1. The maximum atomic E-state index is 12.1. The van der Waals surface area contributed by atoms with Crippen molar-refractivity contribution in [3.63, 3.8) is 0 Å². The minimum absolute atomic E-state index is 0.184. The van der Waals surface area contributed by atoms with E-state index >= 15 is 0 Å². The van der Waals surface area contributed by atoms with Gasteiger partial charge in [-0.2, -0.15) is 0 Å². The molecule has 0 fully saturated rings. The van der Waals surface area contributed by atoms with E-state index in [1.54, 1.807) is 0 Å². The molecular formula is C14H13F3N2O4S. The smallest absolute Gasteiger partial charge is 0.469 e. The Balaban J connectivity index is 1.89. The second-order valence-corrected chi connectivity index (χ2v) is 5.52. The first-order valence-electron chi connectivity index (χ1n) is 6.76. The van der Waals surface area contributed by atoms with Crippen LogP contribution in [-0.4, -0.2) is 35.4 Å². The molecule has 1 aromatic heterocycles. The van der Waals surface area contributed by atoms with Crippen LogP contribution in [0.1, 0.15) is 12.8 Å². The summed E-state index contributed by atoms with van der Waals surface area (Å²) in [7, 11) is 1.32. The number of thioether (sulfide) groups is 1. The average molecular weight is 362 g/mol. The van der Waals surface area contributed by atoms with Crippen LogP contribution in [0.3, 0.4) is 0 Å². The maximum Gasteiger partial charge on any atom is 0.573 e. The molecule has 0 unspecified atom stereocenters. The van der Waals surface area contributed by atoms with Crippen LogP contribution < -0.4 is 4.74 Å². The van der Waals surface area contributed by atoms with E-state index in [0.717, 1.165) is 12.1 Å². The van der Waals surface area contributed by atoms with Gasteiger partial charge in [-0.15, -0.1) is 23.4 Å². The normalized spacial score (nSPS) is 11.3. The Bertz CT molecular complexity index is 673. The molecule has 0 radical (unpaired) electrons. The number of nitrogens with zero attached hydrogens (tertiary/aromatic N) is 2. The van der Waals surface area contributed by atoms with E-state index in [0.29, 0.717) is 29.4 Å². The molecular weight excluding hydrogens is 349 g/mol. The van der Waals surface area contributed by atoms with Crippen LogP contribution in [0.5, 0.6) is 5.75 Å². The molecule has 2 rings (SSSR count). The highest BCUT2D eigenvalue weighted by Crippen LogP contribution is 2.27. The molecule has 10 heteroatoms. The lowest BCUT2D eigenvalue weighted by atomic mass is 10.2. The summed E-state index contributed by atoms with van der Waals surface area (Å²) in [5.41, 5.74) is 0.471. The van der Waals surface area contributed by atoms with Crippen LogP contribution in [0.2, 0.25) is 0 Å². The van der Waals surface area contributed by atoms with Crippen molar-refractivity contribution < 1.29 is 31.9 Å². The van der Waals surface area contributed by atoms with Gasteiger partial charge < -0.3 is 13.9 Å². The zero-order valence-electron chi connectivity index (χ0n) is 12.5. The van der Waals surface area contributed by atoms with Crippen molar-refractivity contribution >= 4 is 17.7 Å². The highest BCUT2D eigenvalue weighted by molar-refractivity contribution is 7.99. The van der Waals surface area contributed by atoms with Gasteiger partial charge in [0.05, 0.1) is 7.11 Å². The molecule has 0 aliphatic carbocycles. The summed E-state index contributed by atoms with van der Waals surface area (Å²) in [6.07, 6.45) is -3.84. The van der Waals surface area contributed by atoms with Gasteiger partial charge in [0.25, 0.3) is 5.22 Å². The molecule has 0 aliphatic rings. The number of ether oxygens (including phenoxy) is 2. The molecule has 2 aromatic rings. The van der Waals surface area contributed by atoms with Gasteiger partial charge in [-0.3, -0.25) is 4.79 Å². The van der Waals surface area contributed by atoms with Crippen LogP contribution in [0.15, 0.2) is 33.9 Å². The topological polar surface area (TPSA) is 74.5 Å². The summed E-state index contributed by atoms with van der Waals surface area (Å²) in [6, 6.07) is 5.10. The lowest BCUT2D eigenvalue weighted by molar-refractivity contribution is -0.274. The van der Waals surface area contributed by atoms with Gasteiger partial charge in [-0.1, -0.05) is 11.8 Å². The van der Waals surface area contributed by atoms with E-state index in [1.807, 2.05) is 0 Å². The minimum atomic E-state index is -4.74. The van der Waals surface area contributed by atoms with Gasteiger partial charge >= 0.3 is 12.3 Å². The Kier molecular flexibility index (Phi) is 6.07. The molecule has 0 saturated carbocycles. The van der Waals surface area contributed by atoms with Gasteiger partial charge in [0, 0.05) is 17.7 Å². The second kappa shape index (κ2) is 8.04. The van der Waals surface area contributed by atoms with Crippen molar-refractivity contribution in [2.45, 2.75) is 24.4 Å². The number of rotatable bonds is 7. The number of hydrogen-bond acceptors (Lipinski definition) is 7. The first-order chi connectivity index (χ1) is 11.4. The molecule has 0 spiro atoms. The predicted octanol–water partition coefficient (Wildman–Crippen LogP) is 3.68. The zero-order valence-corrected chi connectivity index (χ0v) is 13.3. The summed E-state index contributed by atoms with van der Waals surface area (Å²) in [4.78, 5) is 11.0. The molecule has 0 saturated heterocycles. The lowest BCUT2D eigenvalue weighted by Crippen LogP contribution is -2.16. The van der Waals surface area contributed by atoms with Gasteiger partial charge in [-0.05, 0) is 30.7 Å². The van der Waals surface area contributed by atoms with Crippen LogP contribution in [-0.2, 0) is 9.53 Å². The average Bonchev–Trinajstić information content (AvgIpc) is 2.99. The number of halogens is 3. The van der Waals surface area contributed by atoms with Crippen molar-refractivity contribution in [2.24, 2.45) is 0 Å². The third-order valence-corrected chi connectivity index (χ3v) is 3.62. The fraction of sp³-hybridized carbons (Fsp3) is 0.357. The van der Waals surface area contributed by atoms with Crippen molar-refractivity contribution in [3.05, 3.63) is 24.3 Å². The number of carbonyl (C=O) groups is 1. The summed E-state index contributed by atoms with van der Waals surface area (Å²) in [5, 5.41) is 7.97. The number of benzene rings is 1. The standard InChI is InChI=1S/C14H13F3N2O4S/c1-21-11(20)3-2-8-24-13-19-18-12(22-13)9-4-6-10(7-5-9)23-14(15,16)17/h4-7H,2-3,8H2,1H3. The van der Waals surface area contributed by atoms with Crippen LogP contribution in [0.25, 0.3) is 11.5 Å². The Morgan fingerprint density at radius 1 is 1.25 bits per heavy atom. The summed E-state index contributed by atoms with van der Waals surface area (Å²) < 4.78 is 50.0. The van der Waals surface area contributed by atoms with E-state index in [4.69, 9.17) is 4.42 Å². The first-order valence-corrected chi connectivity index (χ1v) is 7.75. The lowest BCUT2D eigenvalue weighted by Gasteiger charge is -2.08. The second-order valence-electron chi connectivity index (χ2n) is 4.47. The molecule has 1 heterocycles. The van der Waals surface area contributed by atoms with Crippen molar-refractivity contribution in [2.75, 3.05) is 12.9 Å². The van der Waals surface area contributed by atoms with Crippen molar-refractivity contribution in [3.8, 4) is 17.2 Å². The van der Waals surface area contributed by atoms with E-state index in [-0.39, 0.29) is 17.6 Å². The third-order valence-electron chi connectivity index (χ3n) is 2.72. The first kappa shape index (κ1) is 18.1. The number of aromatic nitrogens is 2. The minimum Gasteiger partial charge on any atom is -0.469 e. The predicted molar refractivity (Wildman–Crippen MR) is 78.4 cm³/mol. The largest absolute Gasteiger partial charge is 0.573 e. The van der Waals surface area contributed by atoms with Gasteiger partial charge in [0.15, 0.2) is 0 Å². The quantitative estimate of drug-likeness (QED) is 0.422. The Hall–Kier alpha value is -2.23. The number of hydrogen-bond donors (Lipinski definition) is 0. The number of methoxy groups -OCH3 is 1. The SMILES string of the molecule is COC(=O)CCCSc1nnc(-c2ccc(OC(F)(F)F)cc2)o1. The molecule has 0 aliphatic heterocycles. The molecule has 24 heavy (non-hydrogen) atoms. The highest BCUT2D eigenvalue weighted by Gasteiger charge is 2.31. The maximum absolute atomic E-state index is 12.1. The fourth-order valence-corrected chi connectivity index (χ4v) is 2.36. The molecule has 0 N–H and O–H groups in total. The van der Waals surface area contributed by atoms with E-state index in [2.05, 4.69) is 19.7 Å². The Morgan fingerprint density at radius 3 is 2.58 bits per heavy atom. The summed E-state index contributed by atoms with van der Waals surface area (Å²) in [5.74, 6) is 0.157. The zero-order chi connectivity index (χ0) is 17.6. The van der Waals surface area contributed by atoms with Crippen LogP contribution in [0.4, 0.5) is 13.2 Å². The van der Waals surface area contributed by atoms with Gasteiger partial charge in [0.1, 0.15) is 5.75 Å². The van der Waals surface area contributed by atoms with Gasteiger partial charge in [0.2, 0.25) is 5.89 Å². The van der Waals surface area contributed by atoms with Crippen molar-refractivity contribution in [1.82, 2.24) is 10.2 Å². The van der Waals surface area contributed by atoms with E-state index < -0.39 is 6.36 Å². The fourth-order valence-electron chi connectivity index (χ4n) is 1.66. The Morgan fingerprint density at radius 2 is 1.96 bits per heavy atom. The summed E-state index contributed by atoms with van der Waals surface area (Å²) >= 11 is 1.28. The molecule has 0 atom stereocenters. The van der Waals surface area contributed by atoms with Crippen LogP contribution in [0, 0.1) is 0 Å². The molecule has 0 amide bonds. The van der Waals surface area contributed by atoms with E-state index in [9.17, 15) is 18.0 Å². The monoisotopic (exact) mass is 362 g/mol. The molecule has 0 bridgehead atoms. The number of carbonyl (C=O) groups excluding carboxylic acids is 1. The van der Waals surface area contributed by atoms with Crippen molar-refractivity contribution in [1.29, 1.82) is 0 Å². The third kappa shape index (κ3) is 5.76. The Labute approximate surface area is 139 Å². The molecule has 130 valence electrons. The number of alkyl halides is 3. The van der Waals surface area contributed by atoms with Gasteiger partial charge in [-0.25, -0.2) is 0 Å². The summed E-state index contributed by atoms with van der Waals surface area (Å²) in [6.45, 7) is 0. The molecule has 6 nitrogen and oxygen atoms in total. The molecule has 1 aromatic carbocycles. The highest BCUT2D eigenvalue weighted by atomic mass is 32.2.